The van der Waals surface area contributed by atoms with E-state index in [9.17, 15) is 9.59 Å². The summed E-state index contributed by atoms with van der Waals surface area (Å²) in [6.45, 7) is 5.80. The lowest BCUT2D eigenvalue weighted by molar-refractivity contribution is -0.119. The fraction of sp³-hybridized carbons (Fsp3) is 0.440. The number of aromatic nitrogens is 3. The molecule has 180 valence electrons. The van der Waals surface area contributed by atoms with Crippen LogP contribution >= 0.6 is 0 Å². The smallest absolute Gasteiger partial charge is 0.252 e. The van der Waals surface area contributed by atoms with Crippen LogP contribution in [0.3, 0.4) is 0 Å². The van der Waals surface area contributed by atoms with Crippen molar-refractivity contribution in [3.05, 3.63) is 42.4 Å². The minimum Gasteiger partial charge on any atom is -0.481 e. The number of hydrogen-bond acceptors (Lipinski definition) is 6. The van der Waals surface area contributed by atoms with Gasteiger partial charge in [0, 0.05) is 48.6 Å². The number of nitrogens with zero attached hydrogens (tertiary/aromatic N) is 4. The first-order chi connectivity index (χ1) is 16.3. The lowest BCUT2D eigenvalue weighted by atomic mass is 9.88. The van der Waals surface area contributed by atoms with E-state index in [2.05, 4.69) is 34.1 Å². The van der Waals surface area contributed by atoms with Crippen molar-refractivity contribution in [2.45, 2.75) is 64.6 Å². The highest BCUT2D eigenvalue weighted by molar-refractivity contribution is 6.03. The molecule has 3 N–H and O–H groups in total. The first-order valence-electron chi connectivity index (χ1n) is 11.7. The SMILES string of the molecule is COc1ncccc1-c1cc2c(N(C(C)C)C3CCC(NC(C)=O)CC3)c(C(N)=O)cnn2c1. The predicted octanol–water partition coefficient (Wildman–Crippen LogP) is 3.17. The van der Waals surface area contributed by atoms with Crippen LogP contribution in [0.4, 0.5) is 5.69 Å². The fourth-order valence-electron chi connectivity index (χ4n) is 5.06. The second-order valence-electron chi connectivity index (χ2n) is 9.10. The van der Waals surface area contributed by atoms with Crippen LogP contribution in [0.15, 0.2) is 36.8 Å². The highest BCUT2D eigenvalue weighted by Crippen LogP contribution is 2.37. The van der Waals surface area contributed by atoms with E-state index in [1.165, 1.54) is 0 Å². The normalized spacial score (nSPS) is 18.1. The predicted molar refractivity (Wildman–Crippen MR) is 131 cm³/mol. The minimum absolute atomic E-state index is 0.00238. The summed E-state index contributed by atoms with van der Waals surface area (Å²) >= 11 is 0. The molecule has 3 heterocycles. The Hall–Kier alpha value is -3.62. The highest BCUT2D eigenvalue weighted by atomic mass is 16.5. The molecule has 34 heavy (non-hydrogen) atoms. The van der Waals surface area contributed by atoms with Crippen LogP contribution in [0.2, 0.25) is 0 Å². The summed E-state index contributed by atoms with van der Waals surface area (Å²) in [7, 11) is 1.59. The van der Waals surface area contributed by atoms with Gasteiger partial charge in [-0.2, -0.15) is 5.10 Å². The van der Waals surface area contributed by atoms with Crippen molar-refractivity contribution in [2.24, 2.45) is 5.73 Å². The summed E-state index contributed by atoms with van der Waals surface area (Å²) < 4.78 is 7.23. The molecule has 3 aromatic rings. The van der Waals surface area contributed by atoms with E-state index in [0.29, 0.717) is 11.4 Å². The van der Waals surface area contributed by atoms with Crippen molar-refractivity contribution >= 4 is 23.0 Å². The van der Waals surface area contributed by atoms with Gasteiger partial charge >= 0.3 is 0 Å². The van der Waals surface area contributed by atoms with E-state index in [-0.39, 0.29) is 24.0 Å². The van der Waals surface area contributed by atoms with E-state index < -0.39 is 5.91 Å². The third kappa shape index (κ3) is 4.55. The molecule has 0 aliphatic heterocycles. The maximum atomic E-state index is 12.5. The number of hydrogen-bond donors (Lipinski definition) is 2. The maximum Gasteiger partial charge on any atom is 0.252 e. The Morgan fingerprint density at radius 2 is 2.00 bits per heavy atom. The zero-order valence-corrected chi connectivity index (χ0v) is 20.1. The Morgan fingerprint density at radius 1 is 1.26 bits per heavy atom. The number of fused-ring (bicyclic) bond motifs is 1. The molecule has 2 amide bonds. The zero-order chi connectivity index (χ0) is 24.4. The molecule has 9 nitrogen and oxygen atoms in total. The van der Waals surface area contributed by atoms with E-state index in [1.807, 2.05) is 24.4 Å². The molecule has 0 atom stereocenters. The van der Waals surface area contributed by atoms with Crippen LogP contribution in [0.5, 0.6) is 5.88 Å². The molecule has 1 saturated carbocycles. The van der Waals surface area contributed by atoms with Crippen molar-refractivity contribution in [1.82, 2.24) is 19.9 Å². The van der Waals surface area contributed by atoms with Crippen LogP contribution < -0.4 is 20.7 Å². The van der Waals surface area contributed by atoms with Gasteiger partial charge in [0.1, 0.15) is 0 Å². The van der Waals surface area contributed by atoms with E-state index in [0.717, 1.165) is 48.0 Å². The quantitative estimate of drug-likeness (QED) is 0.555. The Labute approximate surface area is 199 Å². The lowest BCUT2D eigenvalue weighted by Gasteiger charge is -2.41. The number of carbonyl (C=O) groups excluding carboxylic acids is 2. The van der Waals surface area contributed by atoms with Crippen molar-refractivity contribution in [2.75, 3.05) is 12.0 Å². The summed E-state index contributed by atoms with van der Waals surface area (Å²) in [5.74, 6) is 0.0129. The second-order valence-corrected chi connectivity index (χ2v) is 9.10. The fourth-order valence-corrected chi connectivity index (χ4v) is 5.06. The number of ether oxygens (including phenoxy) is 1. The van der Waals surface area contributed by atoms with Gasteiger partial charge in [-0.3, -0.25) is 9.59 Å². The number of methoxy groups -OCH3 is 1. The van der Waals surface area contributed by atoms with Crippen LogP contribution in [-0.4, -0.2) is 51.6 Å². The van der Waals surface area contributed by atoms with Crippen LogP contribution in [0.25, 0.3) is 16.6 Å². The molecule has 1 fully saturated rings. The average molecular weight is 465 g/mol. The molecule has 4 rings (SSSR count). The summed E-state index contributed by atoms with van der Waals surface area (Å²) in [5.41, 5.74) is 9.53. The number of carbonyl (C=O) groups is 2. The van der Waals surface area contributed by atoms with Gasteiger partial charge in [0.2, 0.25) is 11.8 Å². The number of nitrogens with two attached hydrogens (primary N) is 1. The monoisotopic (exact) mass is 464 g/mol. The van der Waals surface area contributed by atoms with Crippen LogP contribution in [0, 0.1) is 0 Å². The minimum atomic E-state index is -0.510. The standard InChI is InChI=1S/C25H32N6O3/c1-15(2)31(19-9-7-18(8-10-19)29-16(3)32)23-21(24(26)33)13-28-30-14-17(12-22(23)30)20-6-5-11-27-25(20)34-4/h5-6,11-15,18-19H,7-10H2,1-4H3,(H2,26,33)(H,29,32). The van der Waals surface area contributed by atoms with Crippen LogP contribution in [0.1, 0.15) is 56.8 Å². The first kappa shape index (κ1) is 23.5. The number of rotatable bonds is 7. The number of nitrogens with one attached hydrogen (secondary N) is 1. The third-order valence-corrected chi connectivity index (χ3v) is 6.46. The Balaban J connectivity index is 1.80. The molecule has 0 spiro atoms. The largest absolute Gasteiger partial charge is 0.481 e. The second kappa shape index (κ2) is 9.70. The third-order valence-electron chi connectivity index (χ3n) is 6.46. The molecule has 0 saturated heterocycles. The van der Waals surface area contributed by atoms with E-state index in [4.69, 9.17) is 10.5 Å². The number of amides is 2. The molecule has 9 heteroatoms. The van der Waals surface area contributed by atoms with Crippen molar-refractivity contribution in [3.63, 3.8) is 0 Å². The zero-order valence-electron chi connectivity index (χ0n) is 20.1. The van der Waals surface area contributed by atoms with Gasteiger partial charge in [-0.25, -0.2) is 9.50 Å². The lowest BCUT2D eigenvalue weighted by Crippen LogP contribution is -2.47. The molecule has 1 aliphatic rings. The number of primary amides is 1. The summed E-state index contributed by atoms with van der Waals surface area (Å²) in [6, 6.07) is 6.33. The maximum absolute atomic E-state index is 12.5. The Kier molecular flexibility index (Phi) is 6.72. The van der Waals surface area contributed by atoms with E-state index in [1.54, 1.807) is 30.9 Å². The molecule has 0 bridgehead atoms. The Bertz CT molecular complexity index is 1200. The van der Waals surface area contributed by atoms with Crippen molar-refractivity contribution in [1.29, 1.82) is 0 Å². The average Bonchev–Trinajstić information content (AvgIpc) is 3.24. The van der Waals surface area contributed by atoms with Gasteiger partial charge in [0.15, 0.2) is 0 Å². The van der Waals surface area contributed by atoms with Gasteiger partial charge in [-0.05, 0) is 57.7 Å². The van der Waals surface area contributed by atoms with Crippen molar-refractivity contribution < 1.29 is 14.3 Å². The molecule has 1 aliphatic carbocycles. The van der Waals surface area contributed by atoms with Crippen molar-refractivity contribution in [3.8, 4) is 17.0 Å². The molecule has 0 aromatic carbocycles. The molecular weight excluding hydrogens is 432 g/mol. The first-order valence-corrected chi connectivity index (χ1v) is 11.7. The summed E-state index contributed by atoms with van der Waals surface area (Å²) in [6.07, 6.45) is 8.73. The Morgan fingerprint density at radius 3 is 2.62 bits per heavy atom. The molecule has 0 unspecified atom stereocenters. The van der Waals surface area contributed by atoms with Gasteiger partial charge < -0.3 is 20.7 Å². The van der Waals surface area contributed by atoms with Gasteiger partial charge in [0.25, 0.3) is 5.91 Å². The topological polar surface area (TPSA) is 115 Å². The summed E-state index contributed by atoms with van der Waals surface area (Å²) in [5, 5.41) is 7.52. The van der Waals surface area contributed by atoms with Crippen LogP contribution in [-0.2, 0) is 4.79 Å². The molecule has 0 radical (unpaired) electrons. The number of pyridine rings is 1. The summed E-state index contributed by atoms with van der Waals surface area (Å²) in [4.78, 5) is 30.6. The van der Waals surface area contributed by atoms with E-state index >= 15 is 0 Å². The van der Waals surface area contributed by atoms with Gasteiger partial charge in [0.05, 0.1) is 30.1 Å². The molecular formula is C25H32N6O3. The molecule has 3 aromatic heterocycles. The van der Waals surface area contributed by atoms with Gasteiger partial charge in [-0.1, -0.05) is 0 Å². The number of anilines is 1. The van der Waals surface area contributed by atoms with Gasteiger partial charge in [-0.15, -0.1) is 0 Å². The highest BCUT2D eigenvalue weighted by Gasteiger charge is 2.32.